The molecule has 0 heterocycles. The van der Waals surface area contributed by atoms with Gasteiger partial charge in [0.1, 0.15) is 5.82 Å². The van der Waals surface area contributed by atoms with Gasteiger partial charge in [-0.1, -0.05) is 28.1 Å². The van der Waals surface area contributed by atoms with Gasteiger partial charge in [-0.15, -0.1) is 24.0 Å². The lowest BCUT2D eigenvalue weighted by atomic mass is 10.1. The first-order chi connectivity index (χ1) is 12.3. The Hall–Kier alpha value is -1.20. The average Bonchev–Trinajstić information content (AvgIpc) is 2.60. The summed E-state index contributed by atoms with van der Waals surface area (Å²) in [5, 5.41) is 6.31. The second kappa shape index (κ2) is 11.0. The van der Waals surface area contributed by atoms with Crippen molar-refractivity contribution in [2.45, 2.75) is 17.9 Å². The van der Waals surface area contributed by atoms with Crippen LogP contribution in [0.1, 0.15) is 11.1 Å². The van der Waals surface area contributed by atoms with Crippen LogP contribution in [0.3, 0.4) is 0 Å². The summed E-state index contributed by atoms with van der Waals surface area (Å²) in [6.45, 7) is 1.06. The van der Waals surface area contributed by atoms with Crippen molar-refractivity contribution in [1.29, 1.82) is 0 Å². The van der Waals surface area contributed by atoms with E-state index in [1.165, 1.54) is 18.4 Å². The molecule has 0 amide bonds. The lowest BCUT2D eigenvalue weighted by Gasteiger charge is -2.13. The van der Waals surface area contributed by atoms with Crippen LogP contribution in [0.25, 0.3) is 0 Å². The molecular weight excluding hydrogens is 548 g/mol. The van der Waals surface area contributed by atoms with Gasteiger partial charge >= 0.3 is 0 Å². The fourth-order valence-corrected chi connectivity index (χ4v) is 3.32. The van der Waals surface area contributed by atoms with E-state index in [0.717, 1.165) is 15.6 Å². The van der Waals surface area contributed by atoms with Gasteiger partial charge in [-0.25, -0.2) is 12.8 Å². The third-order valence-electron chi connectivity index (χ3n) is 3.74. The molecule has 0 radical (unpaired) electrons. The van der Waals surface area contributed by atoms with Gasteiger partial charge in [0.15, 0.2) is 15.8 Å². The minimum Gasteiger partial charge on any atom is -0.356 e. The Balaban J connectivity index is 0.00000364. The molecule has 2 aromatic rings. The van der Waals surface area contributed by atoms with E-state index < -0.39 is 9.84 Å². The van der Waals surface area contributed by atoms with Gasteiger partial charge in [0.2, 0.25) is 0 Å². The van der Waals surface area contributed by atoms with Crippen LogP contribution in [0.2, 0.25) is 0 Å². The standard InChI is InChI=1S/C18H21BrFN3O2S.HI/c1-21-18(23-12-14-11-15(20)5-8-17(14)19)22-10-9-13-3-6-16(7-4-13)26(2,24)25;/h3-8,11H,9-10,12H2,1-2H3,(H2,21,22,23);1H. The monoisotopic (exact) mass is 569 g/mol. The molecule has 2 aromatic carbocycles. The summed E-state index contributed by atoms with van der Waals surface area (Å²) in [5.74, 6) is 0.319. The normalized spacial score (nSPS) is 11.6. The van der Waals surface area contributed by atoms with Gasteiger partial charge in [-0.2, -0.15) is 0 Å². The molecule has 0 saturated heterocycles. The number of benzene rings is 2. The van der Waals surface area contributed by atoms with E-state index in [1.807, 2.05) is 0 Å². The van der Waals surface area contributed by atoms with E-state index in [9.17, 15) is 12.8 Å². The van der Waals surface area contributed by atoms with Crippen LogP contribution in [0.15, 0.2) is 56.8 Å². The maximum atomic E-state index is 13.3. The predicted molar refractivity (Wildman–Crippen MR) is 121 cm³/mol. The van der Waals surface area contributed by atoms with Gasteiger partial charge in [0.25, 0.3) is 0 Å². The Morgan fingerprint density at radius 1 is 1.15 bits per heavy atom. The topological polar surface area (TPSA) is 70.6 Å². The molecule has 27 heavy (non-hydrogen) atoms. The van der Waals surface area contributed by atoms with Crippen LogP contribution in [-0.2, 0) is 22.8 Å². The van der Waals surface area contributed by atoms with Crippen molar-refractivity contribution in [3.63, 3.8) is 0 Å². The number of sulfone groups is 1. The number of nitrogens with zero attached hydrogens (tertiary/aromatic N) is 1. The first-order valence-electron chi connectivity index (χ1n) is 7.97. The Bertz CT molecular complexity index is 890. The summed E-state index contributed by atoms with van der Waals surface area (Å²) in [7, 11) is -1.51. The molecule has 0 aliphatic rings. The molecule has 2 rings (SSSR count). The van der Waals surface area contributed by atoms with Crippen molar-refractivity contribution in [3.8, 4) is 0 Å². The minimum atomic E-state index is -3.17. The Labute approximate surface area is 184 Å². The Kier molecular flexibility index (Phi) is 9.68. The highest BCUT2D eigenvalue weighted by atomic mass is 127. The molecule has 0 bridgehead atoms. The number of aliphatic imine (C=N–C) groups is 1. The smallest absolute Gasteiger partial charge is 0.191 e. The van der Waals surface area contributed by atoms with Gasteiger partial charge < -0.3 is 10.6 Å². The first kappa shape index (κ1) is 23.8. The number of hydrogen-bond acceptors (Lipinski definition) is 3. The predicted octanol–water partition coefficient (Wildman–Crippen LogP) is 3.52. The van der Waals surface area contributed by atoms with Crippen molar-refractivity contribution in [2.75, 3.05) is 19.8 Å². The van der Waals surface area contributed by atoms with Crippen LogP contribution < -0.4 is 10.6 Å². The van der Waals surface area contributed by atoms with E-state index in [-0.39, 0.29) is 29.8 Å². The summed E-state index contributed by atoms with van der Waals surface area (Å²) < 4.78 is 37.1. The zero-order chi connectivity index (χ0) is 19.2. The summed E-state index contributed by atoms with van der Waals surface area (Å²) >= 11 is 3.40. The summed E-state index contributed by atoms with van der Waals surface area (Å²) in [4.78, 5) is 4.45. The van der Waals surface area contributed by atoms with Gasteiger partial charge in [0, 0.05) is 30.9 Å². The molecule has 5 nitrogen and oxygen atoms in total. The molecule has 0 fully saturated rings. The highest BCUT2D eigenvalue weighted by Gasteiger charge is 2.06. The van der Waals surface area contributed by atoms with E-state index in [0.29, 0.717) is 30.4 Å². The van der Waals surface area contributed by atoms with E-state index in [2.05, 4.69) is 31.6 Å². The maximum absolute atomic E-state index is 13.3. The van der Waals surface area contributed by atoms with Crippen molar-refractivity contribution in [1.82, 2.24) is 10.6 Å². The van der Waals surface area contributed by atoms with Gasteiger partial charge in [-0.3, -0.25) is 4.99 Å². The molecule has 0 aliphatic carbocycles. The third-order valence-corrected chi connectivity index (χ3v) is 5.64. The van der Waals surface area contributed by atoms with Crippen LogP contribution in [0.5, 0.6) is 0 Å². The zero-order valence-corrected chi connectivity index (χ0v) is 19.7. The number of guanidine groups is 1. The lowest BCUT2D eigenvalue weighted by molar-refractivity contribution is 0.602. The van der Waals surface area contributed by atoms with Crippen LogP contribution in [-0.4, -0.2) is 34.2 Å². The van der Waals surface area contributed by atoms with E-state index in [4.69, 9.17) is 0 Å². The quantitative estimate of drug-likeness (QED) is 0.317. The van der Waals surface area contributed by atoms with Gasteiger partial charge in [0.05, 0.1) is 4.90 Å². The Morgan fingerprint density at radius 2 is 1.81 bits per heavy atom. The zero-order valence-electron chi connectivity index (χ0n) is 15.0. The number of hydrogen-bond donors (Lipinski definition) is 2. The average molecular weight is 570 g/mol. The molecular formula is C18H22BrFIN3O2S. The molecule has 0 aromatic heterocycles. The molecule has 0 unspecified atom stereocenters. The summed E-state index contributed by atoms with van der Waals surface area (Å²) in [5.41, 5.74) is 1.82. The number of halogens is 3. The number of rotatable bonds is 6. The molecule has 2 N–H and O–H groups in total. The Morgan fingerprint density at radius 3 is 2.41 bits per heavy atom. The SMILES string of the molecule is CN=C(NCCc1ccc(S(C)(=O)=O)cc1)NCc1cc(F)ccc1Br.I. The van der Waals surface area contributed by atoms with E-state index >= 15 is 0 Å². The first-order valence-corrected chi connectivity index (χ1v) is 10.7. The molecule has 0 atom stereocenters. The second-order valence-corrected chi connectivity index (χ2v) is 8.62. The van der Waals surface area contributed by atoms with Crippen molar-refractivity contribution < 1.29 is 12.8 Å². The molecule has 9 heteroatoms. The molecule has 0 spiro atoms. The second-order valence-electron chi connectivity index (χ2n) is 5.75. The van der Waals surface area contributed by atoms with Crippen molar-refractivity contribution >= 4 is 55.7 Å². The van der Waals surface area contributed by atoms with Crippen LogP contribution in [0, 0.1) is 5.82 Å². The van der Waals surface area contributed by atoms with Gasteiger partial charge in [-0.05, 0) is 47.9 Å². The van der Waals surface area contributed by atoms with Crippen LogP contribution in [0.4, 0.5) is 4.39 Å². The maximum Gasteiger partial charge on any atom is 0.191 e. The van der Waals surface area contributed by atoms with Crippen LogP contribution >= 0.6 is 39.9 Å². The van der Waals surface area contributed by atoms with Crippen molar-refractivity contribution in [2.24, 2.45) is 4.99 Å². The highest BCUT2D eigenvalue weighted by Crippen LogP contribution is 2.17. The number of nitrogens with one attached hydrogen (secondary N) is 2. The summed E-state index contributed by atoms with van der Waals surface area (Å²) in [6.07, 6.45) is 1.91. The fraction of sp³-hybridized carbons (Fsp3) is 0.278. The van der Waals surface area contributed by atoms with E-state index in [1.54, 1.807) is 37.4 Å². The largest absolute Gasteiger partial charge is 0.356 e. The fourth-order valence-electron chi connectivity index (χ4n) is 2.31. The summed E-state index contributed by atoms with van der Waals surface area (Å²) in [6, 6.07) is 11.4. The highest BCUT2D eigenvalue weighted by molar-refractivity contribution is 14.0. The lowest BCUT2D eigenvalue weighted by Crippen LogP contribution is -2.37. The third kappa shape index (κ3) is 7.74. The minimum absolute atomic E-state index is 0. The molecule has 148 valence electrons. The molecule has 0 aliphatic heterocycles. The molecule has 0 saturated carbocycles. The van der Waals surface area contributed by atoms with Crippen molar-refractivity contribution in [3.05, 3.63) is 63.9 Å².